The van der Waals surface area contributed by atoms with E-state index in [4.69, 9.17) is 14.7 Å². The van der Waals surface area contributed by atoms with Gasteiger partial charge in [-0.05, 0) is 24.4 Å². The number of sulfone groups is 1. The second-order valence-electron chi connectivity index (χ2n) is 7.79. The van der Waals surface area contributed by atoms with Crippen LogP contribution in [0.15, 0.2) is 29.9 Å². The number of ether oxygens (including phenoxy) is 1. The lowest BCUT2D eigenvalue weighted by Crippen LogP contribution is -2.44. The summed E-state index contributed by atoms with van der Waals surface area (Å²) in [6.45, 7) is 3.86. The molecule has 5 rings (SSSR count). The Kier molecular flexibility index (Phi) is 5.08. The van der Waals surface area contributed by atoms with Crippen molar-refractivity contribution in [1.29, 1.82) is 5.26 Å². The lowest BCUT2D eigenvalue weighted by atomic mass is 10.1. The lowest BCUT2D eigenvalue weighted by molar-refractivity contribution is 0.0987. The highest BCUT2D eigenvalue weighted by Gasteiger charge is 2.30. The maximum atomic E-state index is 12.3. The van der Waals surface area contributed by atoms with Crippen LogP contribution in [0.2, 0.25) is 0 Å². The molecule has 0 aromatic carbocycles. The number of aromatic nitrogens is 4. The van der Waals surface area contributed by atoms with E-state index in [0.717, 1.165) is 27.7 Å². The van der Waals surface area contributed by atoms with Crippen molar-refractivity contribution >= 4 is 48.2 Å². The number of aromatic amines is 1. The van der Waals surface area contributed by atoms with Crippen molar-refractivity contribution in [2.75, 3.05) is 30.9 Å². The van der Waals surface area contributed by atoms with Crippen LogP contribution < -0.4 is 4.90 Å². The van der Waals surface area contributed by atoms with E-state index < -0.39 is 15.1 Å². The second kappa shape index (κ2) is 7.81. The highest BCUT2D eigenvalue weighted by Crippen LogP contribution is 2.39. The first kappa shape index (κ1) is 20.8. The highest BCUT2D eigenvalue weighted by atomic mass is 32.2. The number of hydrogen-bond acceptors (Lipinski definition) is 9. The molecule has 0 spiro atoms. The Labute approximate surface area is 188 Å². The predicted octanol–water partition coefficient (Wildman–Crippen LogP) is 3.07. The molecule has 1 fully saturated rings. The van der Waals surface area contributed by atoms with E-state index in [1.807, 2.05) is 18.2 Å². The zero-order valence-electron chi connectivity index (χ0n) is 17.4. The molecule has 32 heavy (non-hydrogen) atoms. The van der Waals surface area contributed by atoms with E-state index in [-0.39, 0.29) is 6.04 Å². The highest BCUT2D eigenvalue weighted by molar-refractivity contribution is 7.91. The Balaban J connectivity index is 1.81. The summed E-state index contributed by atoms with van der Waals surface area (Å²) in [5.74, 6) is 1.19. The Morgan fingerprint density at radius 2 is 2.22 bits per heavy atom. The molecule has 5 heterocycles. The average molecular weight is 469 g/mol. The van der Waals surface area contributed by atoms with Gasteiger partial charge in [0.05, 0.1) is 35.5 Å². The van der Waals surface area contributed by atoms with E-state index in [1.54, 1.807) is 17.8 Å². The molecule has 2 atom stereocenters. The van der Waals surface area contributed by atoms with Gasteiger partial charge in [-0.1, -0.05) is 0 Å². The molecular formula is C21H20N6O3S2. The zero-order chi connectivity index (χ0) is 22.5. The third-order valence-electron chi connectivity index (χ3n) is 5.59. The molecule has 1 saturated heterocycles. The normalized spacial score (nSPS) is 18.2. The van der Waals surface area contributed by atoms with Crippen LogP contribution in [-0.4, -0.2) is 60.4 Å². The number of anilines is 1. The van der Waals surface area contributed by atoms with Crippen molar-refractivity contribution in [3.63, 3.8) is 0 Å². The third-order valence-corrected chi connectivity index (χ3v) is 7.79. The summed E-state index contributed by atoms with van der Waals surface area (Å²) >= 11 is 1.36. The summed E-state index contributed by atoms with van der Waals surface area (Å²) in [6, 6.07) is 5.78. The van der Waals surface area contributed by atoms with Crippen molar-refractivity contribution in [2.24, 2.45) is 0 Å². The minimum absolute atomic E-state index is 0.0895. The van der Waals surface area contributed by atoms with Crippen molar-refractivity contribution < 1.29 is 13.2 Å². The number of hydrogen-bond donors (Lipinski definition) is 1. The van der Waals surface area contributed by atoms with Crippen LogP contribution in [0.5, 0.6) is 0 Å². The quantitative estimate of drug-likeness (QED) is 0.484. The maximum Gasteiger partial charge on any atom is 0.175 e. The molecule has 1 aliphatic rings. The molecule has 164 valence electrons. The number of pyridine rings is 1. The summed E-state index contributed by atoms with van der Waals surface area (Å²) in [5.41, 5.74) is 2.38. The van der Waals surface area contributed by atoms with Gasteiger partial charge in [-0.25, -0.2) is 23.4 Å². The molecule has 1 aliphatic heterocycles. The van der Waals surface area contributed by atoms with E-state index in [0.29, 0.717) is 42.3 Å². The Hall–Kier alpha value is -3.07. The van der Waals surface area contributed by atoms with Gasteiger partial charge in [0.15, 0.2) is 26.7 Å². The van der Waals surface area contributed by atoms with E-state index in [1.165, 1.54) is 11.3 Å². The van der Waals surface area contributed by atoms with Gasteiger partial charge in [0.25, 0.3) is 0 Å². The SMILES string of the molecule is C[C@@H]1COCCN1c1nc(-c2ccnc3[nH]ccc23)nc2c(C(C#N)S(C)(=O)=O)csc12. The van der Waals surface area contributed by atoms with Crippen molar-refractivity contribution in [2.45, 2.75) is 18.2 Å². The summed E-state index contributed by atoms with van der Waals surface area (Å²) < 4.78 is 31.0. The van der Waals surface area contributed by atoms with Crippen LogP contribution >= 0.6 is 11.3 Å². The van der Waals surface area contributed by atoms with E-state index in [9.17, 15) is 13.7 Å². The molecule has 1 N–H and O–H groups in total. The largest absolute Gasteiger partial charge is 0.377 e. The lowest BCUT2D eigenvalue weighted by Gasteiger charge is -2.34. The van der Waals surface area contributed by atoms with E-state index in [2.05, 4.69) is 21.8 Å². The number of nitriles is 1. The van der Waals surface area contributed by atoms with Crippen LogP contribution in [0.25, 0.3) is 32.6 Å². The third kappa shape index (κ3) is 3.40. The monoisotopic (exact) mass is 468 g/mol. The first-order chi connectivity index (χ1) is 15.4. The smallest absolute Gasteiger partial charge is 0.175 e. The van der Waals surface area contributed by atoms with Crippen LogP contribution in [-0.2, 0) is 14.6 Å². The topological polar surface area (TPSA) is 125 Å². The number of nitrogens with one attached hydrogen (secondary N) is 1. The number of nitrogens with zero attached hydrogens (tertiary/aromatic N) is 5. The first-order valence-corrected chi connectivity index (χ1v) is 12.9. The summed E-state index contributed by atoms with van der Waals surface area (Å²) in [7, 11) is -3.64. The molecule has 9 nitrogen and oxygen atoms in total. The van der Waals surface area contributed by atoms with Gasteiger partial charge in [0.2, 0.25) is 0 Å². The fourth-order valence-electron chi connectivity index (χ4n) is 4.02. The fraction of sp³-hybridized carbons (Fsp3) is 0.333. The minimum Gasteiger partial charge on any atom is -0.377 e. The maximum absolute atomic E-state index is 12.3. The molecule has 0 radical (unpaired) electrons. The van der Waals surface area contributed by atoms with Gasteiger partial charge < -0.3 is 14.6 Å². The van der Waals surface area contributed by atoms with Gasteiger partial charge in [-0.15, -0.1) is 11.3 Å². The standard InChI is InChI=1S/C21H20N6O3S2/c1-12-10-30-8-7-27(12)21-18-17(15(11-31-18)16(9-22)32(2,28)29)25-20(26-21)14-4-6-24-19-13(14)3-5-23-19/h3-6,11-12,16H,7-8,10H2,1-2H3,(H,23,24)/t12-,16?/m1/s1. The molecule has 0 saturated carbocycles. The fourth-order valence-corrected chi connectivity index (χ4v) is 5.97. The first-order valence-electron chi connectivity index (χ1n) is 10.0. The number of H-pyrrole nitrogens is 1. The predicted molar refractivity (Wildman–Crippen MR) is 123 cm³/mol. The molecule has 4 aromatic rings. The Bertz CT molecular complexity index is 1470. The van der Waals surface area contributed by atoms with Gasteiger partial charge in [0, 0.05) is 41.7 Å². The second-order valence-corrected chi connectivity index (χ2v) is 10.8. The average Bonchev–Trinajstić information content (AvgIpc) is 3.40. The molecule has 0 amide bonds. The Morgan fingerprint density at radius 1 is 1.38 bits per heavy atom. The van der Waals surface area contributed by atoms with Gasteiger partial charge in [-0.3, -0.25) is 0 Å². The van der Waals surface area contributed by atoms with Crippen molar-refractivity contribution in [3.05, 3.63) is 35.5 Å². The van der Waals surface area contributed by atoms with Crippen LogP contribution in [0, 0.1) is 11.3 Å². The van der Waals surface area contributed by atoms with Crippen LogP contribution in [0.1, 0.15) is 17.7 Å². The molecular weight excluding hydrogens is 448 g/mol. The Morgan fingerprint density at radius 3 is 2.97 bits per heavy atom. The van der Waals surface area contributed by atoms with Crippen molar-refractivity contribution in [1.82, 2.24) is 19.9 Å². The number of thiophene rings is 1. The molecule has 1 unspecified atom stereocenters. The van der Waals surface area contributed by atoms with Gasteiger partial charge in [0.1, 0.15) is 5.65 Å². The summed E-state index contributed by atoms with van der Waals surface area (Å²) in [5, 5.41) is 10.9. The molecule has 4 aromatic heterocycles. The molecule has 0 aliphatic carbocycles. The van der Waals surface area contributed by atoms with Crippen molar-refractivity contribution in [3.8, 4) is 17.5 Å². The van der Waals surface area contributed by atoms with Gasteiger partial charge in [-0.2, -0.15) is 5.26 Å². The number of fused-ring (bicyclic) bond motifs is 2. The number of morpholine rings is 1. The zero-order valence-corrected chi connectivity index (χ0v) is 19.1. The summed E-state index contributed by atoms with van der Waals surface area (Å²) in [6.07, 6.45) is 4.56. The molecule has 0 bridgehead atoms. The van der Waals surface area contributed by atoms with E-state index >= 15 is 0 Å². The summed E-state index contributed by atoms with van der Waals surface area (Å²) in [4.78, 5) is 19.3. The molecule has 11 heteroatoms. The minimum atomic E-state index is -3.64. The van der Waals surface area contributed by atoms with Gasteiger partial charge >= 0.3 is 0 Å². The van der Waals surface area contributed by atoms with Crippen LogP contribution in [0.4, 0.5) is 5.82 Å². The van der Waals surface area contributed by atoms with Crippen LogP contribution in [0.3, 0.4) is 0 Å². The number of rotatable bonds is 4.